The average Bonchev–Trinajstić information content (AvgIpc) is 2.32. The minimum Gasteiger partial charge on any atom is -0.312 e. The van der Waals surface area contributed by atoms with E-state index in [4.69, 9.17) is 0 Å². The third kappa shape index (κ3) is 3.85. The first kappa shape index (κ1) is 12.6. The van der Waals surface area contributed by atoms with E-state index in [1.807, 2.05) is 0 Å². The summed E-state index contributed by atoms with van der Waals surface area (Å²) in [6.45, 7) is 6.76. The summed E-state index contributed by atoms with van der Waals surface area (Å²) in [5.74, 6) is 0. The van der Waals surface area contributed by atoms with Crippen LogP contribution < -0.4 is 5.32 Å². The second-order valence-corrected chi connectivity index (χ2v) is 5.96. The standard InChI is InChI=1S/C16H25N/c1-14-6-8-15(9-7-14)12-17-13-16(2)10-4-3-5-11-16/h6-9,17H,3-5,10-13H2,1-2H3. The van der Waals surface area contributed by atoms with E-state index < -0.39 is 0 Å². The molecule has 0 heterocycles. The Morgan fingerprint density at radius 1 is 1.06 bits per heavy atom. The molecule has 17 heavy (non-hydrogen) atoms. The number of hydrogen-bond donors (Lipinski definition) is 1. The van der Waals surface area contributed by atoms with Gasteiger partial charge in [-0.3, -0.25) is 0 Å². The lowest BCUT2D eigenvalue weighted by Gasteiger charge is -2.33. The highest BCUT2D eigenvalue weighted by atomic mass is 14.9. The van der Waals surface area contributed by atoms with E-state index in [9.17, 15) is 0 Å². The van der Waals surface area contributed by atoms with Crippen molar-refractivity contribution >= 4 is 0 Å². The fourth-order valence-electron chi connectivity index (χ4n) is 2.80. The Hall–Kier alpha value is -0.820. The zero-order valence-electron chi connectivity index (χ0n) is 11.3. The monoisotopic (exact) mass is 231 g/mol. The van der Waals surface area contributed by atoms with Crippen molar-refractivity contribution in [2.24, 2.45) is 5.41 Å². The van der Waals surface area contributed by atoms with Crippen LogP contribution in [0.1, 0.15) is 50.2 Å². The van der Waals surface area contributed by atoms with Crippen LogP contribution in [0.3, 0.4) is 0 Å². The van der Waals surface area contributed by atoms with Gasteiger partial charge in [-0.15, -0.1) is 0 Å². The van der Waals surface area contributed by atoms with Crippen LogP contribution in [0.5, 0.6) is 0 Å². The van der Waals surface area contributed by atoms with Crippen molar-refractivity contribution in [2.75, 3.05) is 6.54 Å². The molecule has 1 fully saturated rings. The molecule has 1 nitrogen and oxygen atoms in total. The van der Waals surface area contributed by atoms with Crippen LogP contribution >= 0.6 is 0 Å². The molecule has 0 aromatic heterocycles. The van der Waals surface area contributed by atoms with Crippen LogP contribution in [0.25, 0.3) is 0 Å². The molecule has 0 saturated heterocycles. The zero-order valence-corrected chi connectivity index (χ0v) is 11.3. The summed E-state index contributed by atoms with van der Waals surface area (Å²) in [5, 5.41) is 3.63. The lowest BCUT2D eigenvalue weighted by Crippen LogP contribution is -2.33. The molecular formula is C16H25N. The lowest BCUT2D eigenvalue weighted by molar-refractivity contribution is 0.207. The fraction of sp³-hybridized carbons (Fsp3) is 0.625. The van der Waals surface area contributed by atoms with Crippen LogP contribution in [-0.2, 0) is 6.54 Å². The van der Waals surface area contributed by atoms with Gasteiger partial charge < -0.3 is 5.32 Å². The van der Waals surface area contributed by atoms with Crippen LogP contribution in [0.4, 0.5) is 0 Å². The molecule has 0 amide bonds. The van der Waals surface area contributed by atoms with Gasteiger partial charge in [0.05, 0.1) is 0 Å². The Morgan fingerprint density at radius 2 is 1.71 bits per heavy atom. The topological polar surface area (TPSA) is 12.0 Å². The molecule has 2 rings (SSSR count). The molecule has 1 saturated carbocycles. The van der Waals surface area contributed by atoms with Gasteiger partial charge in [0.1, 0.15) is 0 Å². The normalized spacial score (nSPS) is 19.2. The Balaban J connectivity index is 1.77. The molecule has 94 valence electrons. The van der Waals surface area contributed by atoms with Gasteiger partial charge in [0.15, 0.2) is 0 Å². The summed E-state index contributed by atoms with van der Waals surface area (Å²) in [7, 11) is 0. The van der Waals surface area contributed by atoms with E-state index in [0.29, 0.717) is 5.41 Å². The smallest absolute Gasteiger partial charge is 0.0205 e. The van der Waals surface area contributed by atoms with Crippen LogP contribution in [0, 0.1) is 12.3 Å². The summed E-state index contributed by atoms with van der Waals surface area (Å²) in [5.41, 5.74) is 3.28. The highest BCUT2D eigenvalue weighted by Crippen LogP contribution is 2.34. The second-order valence-electron chi connectivity index (χ2n) is 5.96. The first-order valence-corrected chi connectivity index (χ1v) is 6.94. The highest BCUT2D eigenvalue weighted by molar-refractivity contribution is 5.21. The zero-order chi connectivity index (χ0) is 12.1. The Labute approximate surface area is 106 Å². The Morgan fingerprint density at radius 3 is 2.35 bits per heavy atom. The van der Waals surface area contributed by atoms with Crippen molar-refractivity contribution in [1.29, 1.82) is 0 Å². The quantitative estimate of drug-likeness (QED) is 0.824. The fourth-order valence-corrected chi connectivity index (χ4v) is 2.80. The van der Waals surface area contributed by atoms with Crippen LogP contribution in [0.2, 0.25) is 0 Å². The molecule has 0 atom stereocenters. The lowest BCUT2D eigenvalue weighted by atomic mass is 9.76. The Kier molecular flexibility index (Phi) is 4.22. The molecule has 0 unspecified atom stereocenters. The first-order valence-electron chi connectivity index (χ1n) is 6.94. The number of benzene rings is 1. The SMILES string of the molecule is Cc1ccc(CNCC2(C)CCCCC2)cc1. The van der Waals surface area contributed by atoms with Gasteiger partial charge in [-0.1, -0.05) is 56.0 Å². The van der Waals surface area contributed by atoms with Gasteiger partial charge in [-0.2, -0.15) is 0 Å². The molecule has 0 aliphatic heterocycles. The predicted octanol–water partition coefficient (Wildman–Crippen LogP) is 4.06. The maximum atomic E-state index is 3.63. The predicted molar refractivity (Wildman–Crippen MR) is 74.1 cm³/mol. The first-order chi connectivity index (χ1) is 8.18. The summed E-state index contributed by atoms with van der Waals surface area (Å²) in [6.07, 6.45) is 7.07. The molecule has 1 heteroatoms. The minimum atomic E-state index is 0.545. The van der Waals surface area contributed by atoms with E-state index in [0.717, 1.165) is 6.54 Å². The van der Waals surface area contributed by atoms with E-state index in [1.54, 1.807) is 0 Å². The molecule has 0 radical (unpaired) electrons. The van der Waals surface area contributed by atoms with Gasteiger partial charge in [-0.05, 0) is 30.7 Å². The molecule has 1 aliphatic carbocycles. The van der Waals surface area contributed by atoms with Crippen molar-refractivity contribution in [1.82, 2.24) is 5.32 Å². The van der Waals surface area contributed by atoms with Crippen molar-refractivity contribution < 1.29 is 0 Å². The van der Waals surface area contributed by atoms with E-state index in [1.165, 1.54) is 49.8 Å². The maximum Gasteiger partial charge on any atom is 0.0205 e. The van der Waals surface area contributed by atoms with E-state index >= 15 is 0 Å². The second kappa shape index (κ2) is 5.68. The van der Waals surface area contributed by atoms with E-state index in [-0.39, 0.29) is 0 Å². The number of hydrogen-bond acceptors (Lipinski definition) is 1. The average molecular weight is 231 g/mol. The van der Waals surface area contributed by atoms with Gasteiger partial charge in [0, 0.05) is 13.1 Å². The van der Waals surface area contributed by atoms with Crippen molar-refractivity contribution in [3.8, 4) is 0 Å². The molecule has 1 aliphatic rings. The van der Waals surface area contributed by atoms with Crippen LogP contribution in [-0.4, -0.2) is 6.54 Å². The largest absolute Gasteiger partial charge is 0.312 e. The van der Waals surface area contributed by atoms with Crippen molar-refractivity contribution in [3.05, 3.63) is 35.4 Å². The molecule has 0 bridgehead atoms. The van der Waals surface area contributed by atoms with Gasteiger partial charge in [0.2, 0.25) is 0 Å². The number of rotatable bonds is 4. The number of aryl methyl sites for hydroxylation is 1. The number of nitrogens with one attached hydrogen (secondary N) is 1. The summed E-state index contributed by atoms with van der Waals surface area (Å²) >= 11 is 0. The summed E-state index contributed by atoms with van der Waals surface area (Å²) in [6, 6.07) is 8.84. The third-order valence-electron chi connectivity index (χ3n) is 4.06. The van der Waals surface area contributed by atoms with Gasteiger partial charge >= 0.3 is 0 Å². The highest BCUT2D eigenvalue weighted by Gasteiger charge is 2.25. The molecule has 1 N–H and O–H groups in total. The van der Waals surface area contributed by atoms with Crippen LogP contribution in [0.15, 0.2) is 24.3 Å². The Bertz CT molecular complexity index is 333. The van der Waals surface area contributed by atoms with Crippen molar-refractivity contribution in [3.63, 3.8) is 0 Å². The third-order valence-corrected chi connectivity index (χ3v) is 4.06. The molecular weight excluding hydrogens is 206 g/mol. The van der Waals surface area contributed by atoms with Gasteiger partial charge in [-0.25, -0.2) is 0 Å². The molecule has 0 spiro atoms. The summed E-state index contributed by atoms with van der Waals surface area (Å²) < 4.78 is 0. The van der Waals surface area contributed by atoms with Crippen molar-refractivity contribution in [2.45, 2.75) is 52.5 Å². The summed E-state index contributed by atoms with van der Waals surface area (Å²) in [4.78, 5) is 0. The van der Waals surface area contributed by atoms with Gasteiger partial charge in [0.25, 0.3) is 0 Å². The minimum absolute atomic E-state index is 0.545. The maximum absolute atomic E-state index is 3.63. The molecule has 1 aromatic rings. The molecule has 1 aromatic carbocycles. The van der Waals surface area contributed by atoms with E-state index in [2.05, 4.69) is 43.4 Å².